The van der Waals surface area contributed by atoms with Crippen LogP contribution in [0.3, 0.4) is 0 Å². The number of nitrogens with one attached hydrogen (secondary N) is 1. The van der Waals surface area contributed by atoms with Crippen LogP contribution >= 0.6 is 0 Å². The number of hydrogen-bond donors (Lipinski definition) is 1. The van der Waals surface area contributed by atoms with E-state index >= 15 is 0 Å². The lowest BCUT2D eigenvalue weighted by Crippen LogP contribution is -2.03. The van der Waals surface area contributed by atoms with Gasteiger partial charge in [-0.2, -0.15) is 0 Å². The number of aromatic nitrogens is 1. The lowest BCUT2D eigenvalue weighted by molar-refractivity contribution is 0.922. The zero-order valence-electron chi connectivity index (χ0n) is 6.62. The van der Waals surface area contributed by atoms with Crippen LogP contribution in [0, 0.1) is 0 Å². The van der Waals surface area contributed by atoms with Gasteiger partial charge in [-0.15, -0.1) is 0 Å². The van der Waals surface area contributed by atoms with Gasteiger partial charge in [0.1, 0.15) is 0 Å². The molecule has 58 valence electrons. The summed E-state index contributed by atoms with van der Waals surface area (Å²) in [5, 5.41) is 3.04. The molecule has 1 aromatic rings. The van der Waals surface area contributed by atoms with E-state index in [1.54, 1.807) is 12.4 Å². The second-order valence-corrected chi connectivity index (χ2v) is 2.24. The average molecular weight is 148 g/mol. The van der Waals surface area contributed by atoms with Crippen molar-refractivity contribution in [3.63, 3.8) is 0 Å². The molecule has 0 aliphatic rings. The fraction of sp³-hybridized carbons (Fsp3) is 0.222. The van der Waals surface area contributed by atoms with E-state index in [1.165, 1.54) is 5.56 Å². The maximum absolute atomic E-state index is 3.92. The Kier molecular flexibility index (Phi) is 3.35. The van der Waals surface area contributed by atoms with Gasteiger partial charge in [0, 0.05) is 18.9 Å². The fourth-order valence-corrected chi connectivity index (χ4v) is 0.787. The summed E-state index contributed by atoms with van der Waals surface area (Å²) in [6.07, 6.45) is 7.73. The van der Waals surface area contributed by atoms with Crippen molar-refractivity contribution >= 4 is 6.08 Å². The number of nitrogens with zero attached hydrogens (tertiary/aromatic N) is 1. The first kappa shape index (κ1) is 7.95. The van der Waals surface area contributed by atoms with Crippen LogP contribution in [0.2, 0.25) is 0 Å². The molecule has 0 atom stereocenters. The molecule has 1 rings (SSSR count). The highest BCUT2D eigenvalue weighted by Gasteiger charge is 1.80. The zero-order chi connectivity index (χ0) is 7.94. The van der Waals surface area contributed by atoms with Crippen LogP contribution < -0.4 is 5.32 Å². The van der Waals surface area contributed by atoms with Gasteiger partial charge in [-0.25, -0.2) is 0 Å². The predicted molar refractivity (Wildman–Crippen MR) is 47.2 cm³/mol. The molecule has 1 aromatic heterocycles. The molecule has 1 N–H and O–H groups in total. The SMILES string of the molecule is CNCC=Cc1ccncc1. The third-order valence-corrected chi connectivity index (χ3v) is 1.34. The van der Waals surface area contributed by atoms with E-state index in [0.717, 1.165) is 6.54 Å². The van der Waals surface area contributed by atoms with Gasteiger partial charge in [0.2, 0.25) is 0 Å². The molecule has 0 fully saturated rings. The van der Waals surface area contributed by atoms with Crippen molar-refractivity contribution < 1.29 is 0 Å². The second kappa shape index (κ2) is 4.63. The Hall–Kier alpha value is -1.15. The van der Waals surface area contributed by atoms with Crippen LogP contribution in [0.25, 0.3) is 6.08 Å². The highest BCUT2D eigenvalue weighted by atomic mass is 14.8. The molecule has 0 radical (unpaired) electrons. The molecule has 2 nitrogen and oxygen atoms in total. The summed E-state index contributed by atoms with van der Waals surface area (Å²) in [5.74, 6) is 0. The first-order chi connectivity index (χ1) is 5.43. The van der Waals surface area contributed by atoms with Gasteiger partial charge in [0.15, 0.2) is 0 Å². The van der Waals surface area contributed by atoms with Crippen LogP contribution in [-0.2, 0) is 0 Å². The van der Waals surface area contributed by atoms with Crippen LogP contribution in [0.15, 0.2) is 30.6 Å². The second-order valence-electron chi connectivity index (χ2n) is 2.24. The van der Waals surface area contributed by atoms with E-state index < -0.39 is 0 Å². The molecular formula is C9H12N2. The first-order valence-corrected chi connectivity index (χ1v) is 3.64. The molecule has 0 amide bonds. The molecule has 0 aliphatic carbocycles. The molecule has 0 saturated carbocycles. The number of hydrogen-bond acceptors (Lipinski definition) is 2. The monoisotopic (exact) mass is 148 g/mol. The van der Waals surface area contributed by atoms with E-state index in [2.05, 4.69) is 22.5 Å². The number of pyridine rings is 1. The van der Waals surface area contributed by atoms with Crippen LogP contribution in [-0.4, -0.2) is 18.6 Å². The van der Waals surface area contributed by atoms with Crippen molar-refractivity contribution in [1.82, 2.24) is 10.3 Å². The van der Waals surface area contributed by atoms with E-state index in [1.807, 2.05) is 19.2 Å². The minimum absolute atomic E-state index is 0.905. The van der Waals surface area contributed by atoms with E-state index in [0.29, 0.717) is 0 Å². The molecule has 0 unspecified atom stereocenters. The van der Waals surface area contributed by atoms with Crippen LogP contribution in [0.4, 0.5) is 0 Å². The Bertz CT molecular complexity index is 216. The third-order valence-electron chi connectivity index (χ3n) is 1.34. The molecule has 11 heavy (non-hydrogen) atoms. The summed E-state index contributed by atoms with van der Waals surface area (Å²) in [5.41, 5.74) is 1.19. The summed E-state index contributed by atoms with van der Waals surface area (Å²) in [4.78, 5) is 3.92. The highest BCUT2D eigenvalue weighted by Crippen LogP contribution is 1.97. The Morgan fingerprint density at radius 3 is 2.82 bits per heavy atom. The van der Waals surface area contributed by atoms with Crippen molar-refractivity contribution in [3.8, 4) is 0 Å². The molecule has 0 saturated heterocycles. The summed E-state index contributed by atoms with van der Waals surface area (Å²) < 4.78 is 0. The minimum Gasteiger partial charge on any atom is -0.316 e. The number of rotatable bonds is 3. The molecule has 0 aliphatic heterocycles. The van der Waals surface area contributed by atoms with Crippen LogP contribution in [0.5, 0.6) is 0 Å². The lowest BCUT2D eigenvalue weighted by atomic mass is 10.2. The summed E-state index contributed by atoms with van der Waals surface area (Å²) in [6.45, 7) is 0.905. The molecule has 0 spiro atoms. The lowest BCUT2D eigenvalue weighted by Gasteiger charge is -1.90. The van der Waals surface area contributed by atoms with Gasteiger partial charge in [0.05, 0.1) is 0 Å². The van der Waals surface area contributed by atoms with Gasteiger partial charge in [0.25, 0.3) is 0 Å². The van der Waals surface area contributed by atoms with Crippen LogP contribution in [0.1, 0.15) is 5.56 Å². The quantitative estimate of drug-likeness (QED) is 0.699. The van der Waals surface area contributed by atoms with Crippen molar-refractivity contribution in [2.75, 3.05) is 13.6 Å². The van der Waals surface area contributed by atoms with Gasteiger partial charge in [-0.1, -0.05) is 12.2 Å². The Balaban J connectivity index is 2.50. The van der Waals surface area contributed by atoms with Gasteiger partial charge in [-0.05, 0) is 24.7 Å². The largest absolute Gasteiger partial charge is 0.316 e. The summed E-state index contributed by atoms with van der Waals surface area (Å²) in [6, 6.07) is 3.96. The minimum atomic E-state index is 0.905. The molecule has 2 heteroatoms. The van der Waals surface area contributed by atoms with Crippen molar-refractivity contribution in [2.45, 2.75) is 0 Å². The Labute approximate surface area is 67.0 Å². The van der Waals surface area contributed by atoms with E-state index in [4.69, 9.17) is 0 Å². The summed E-state index contributed by atoms with van der Waals surface area (Å²) >= 11 is 0. The topological polar surface area (TPSA) is 24.9 Å². The van der Waals surface area contributed by atoms with Gasteiger partial charge < -0.3 is 5.32 Å². The smallest absolute Gasteiger partial charge is 0.0273 e. The van der Waals surface area contributed by atoms with Gasteiger partial charge in [-0.3, -0.25) is 4.98 Å². The van der Waals surface area contributed by atoms with Gasteiger partial charge >= 0.3 is 0 Å². The van der Waals surface area contributed by atoms with E-state index in [9.17, 15) is 0 Å². The van der Waals surface area contributed by atoms with E-state index in [-0.39, 0.29) is 0 Å². The number of likely N-dealkylation sites (N-methyl/N-ethyl adjacent to an activating group) is 1. The van der Waals surface area contributed by atoms with Crippen molar-refractivity contribution in [2.24, 2.45) is 0 Å². The normalized spacial score (nSPS) is 10.6. The average Bonchev–Trinajstić information content (AvgIpc) is 2.07. The molecule has 1 heterocycles. The summed E-state index contributed by atoms with van der Waals surface area (Å²) in [7, 11) is 1.93. The van der Waals surface area contributed by atoms with Crippen molar-refractivity contribution in [3.05, 3.63) is 36.2 Å². The maximum Gasteiger partial charge on any atom is 0.0273 e. The third kappa shape index (κ3) is 2.96. The maximum atomic E-state index is 3.92. The molecular weight excluding hydrogens is 136 g/mol. The molecule has 0 aromatic carbocycles. The Morgan fingerprint density at radius 1 is 1.45 bits per heavy atom. The first-order valence-electron chi connectivity index (χ1n) is 3.64. The molecule has 0 bridgehead atoms. The highest BCUT2D eigenvalue weighted by molar-refractivity contribution is 5.47. The fourth-order valence-electron chi connectivity index (χ4n) is 0.787. The zero-order valence-corrected chi connectivity index (χ0v) is 6.62. The predicted octanol–water partition coefficient (Wildman–Crippen LogP) is 1.31. The van der Waals surface area contributed by atoms with Crippen molar-refractivity contribution in [1.29, 1.82) is 0 Å². The Morgan fingerprint density at radius 2 is 2.18 bits per heavy atom. The standard InChI is InChI=1S/C9H12N2/c1-10-6-2-3-9-4-7-11-8-5-9/h2-5,7-8,10H,6H2,1H3.